The summed E-state index contributed by atoms with van der Waals surface area (Å²) in [6, 6.07) is 7.82. The van der Waals surface area contributed by atoms with Crippen LogP contribution in [0.3, 0.4) is 0 Å². The highest BCUT2D eigenvalue weighted by Gasteiger charge is 2.37. The molecule has 1 saturated heterocycles. The van der Waals surface area contributed by atoms with Gasteiger partial charge in [-0.05, 0) is 35.2 Å². The summed E-state index contributed by atoms with van der Waals surface area (Å²) in [6.07, 6.45) is 4.17. The summed E-state index contributed by atoms with van der Waals surface area (Å²) < 4.78 is 5.53. The number of likely N-dealkylation sites (tertiary alicyclic amines) is 1. The predicted octanol–water partition coefficient (Wildman–Crippen LogP) is 2.48. The highest BCUT2D eigenvalue weighted by atomic mass is 16.5. The van der Waals surface area contributed by atoms with Gasteiger partial charge in [0.15, 0.2) is 0 Å². The SMILES string of the molecule is C[C@@H]1CN(C(=O)c2cncc(-c3ccc4c(c3)CCO4)c2)C[C@H]1C(=O)O. The number of pyridine rings is 1. The molecular formula is C20H20N2O4. The second-order valence-electron chi connectivity index (χ2n) is 7.02. The Labute approximate surface area is 151 Å². The fraction of sp³-hybridized carbons (Fsp3) is 0.350. The lowest BCUT2D eigenvalue weighted by Crippen LogP contribution is -2.30. The van der Waals surface area contributed by atoms with E-state index in [4.69, 9.17) is 4.74 Å². The molecule has 0 unspecified atom stereocenters. The molecule has 2 aliphatic heterocycles. The monoisotopic (exact) mass is 352 g/mol. The van der Waals surface area contributed by atoms with E-state index in [-0.39, 0.29) is 18.4 Å². The molecule has 2 atom stereocenters. The molecule has 134 valence electrons. The third-order valence-corrected chi connectivity index (χ3v) is 5.22. The molecule has 0 aliphatic carbocycles. The Morgan fingerprint density at radius 1 is 1.19 bits per heavy atom. The van der Waals surface area contributed by atoms with Crippen molar-refractivity contribution in [3.05, 3.63) is 47.8 Å². The second kappa shape index (κ2) is 6.44. The molecule has 1 aromatic heterocycles. The Morgan fingerprint density at radius 3 is 2.81 bits per heavy atom. The van der Waals surface area contributed by atoms with Crippen molar-refractivity contribution in [1.82, 2.24) is 9.88 Å². The number of aromatic nitrogens is 1. The standard InChI is InChI=1S/C20H20N2O4/c1-12-10-22(11-17(12)20(24)25)19(23)16-7-15(8-21-9-16)13-2-3-18-14(6-13)4-5-26-18/h2-3,6-9,12,17H,4-5,10-11H2,1H3,(H,24,25)/t12-,17-/m1/s1. The number of aliphatic carboxylic acids is 1. The number of nitrogens with zero attached hydrogens (tertiary/aromatic N) is 2. The molecule has 26 heavy (non-hydrogen) atoms. The lowest BCUT2D eigenvalue weighted by molar-refractivity contribution is -0.142. The molecule has 6 nitrogen and oxygen atoms in total. The van der Waals surface area contributed by atoms with E-state index in [1.807, 2.05) is 25.1 Å². The third kappa shape index (κ3) is 2.92. The predicted molar refractivity (Wildman–Crippen MR) is 95.1 cm³/mol. The van der Waals surface area contributed by atoms with Crippen molar-refractivity contribution in [3.63, 3.8) is 0 Å². The van der Waals surface area contributed by atoms with Crippen LogP contribution in [0, 0.1) is 11.8 Å². The number of amides is 1. The molecule has 1 N–H and O–H groups in total. The molecule has 1 aromatic carbocycles. The van der Waals surface area contributed by atoms with Crippen molar-refractivity contribution >= 4 is 11.9 Å². The minimum absolute atomic E-state index is 0.0516. The third-order valence-electron chi connectivity index (χ3n) is 5.22. The van der Waals surface area contributed by atoms with E-state index in [9.17, 15) is 14.7 Å². The molecule has 1 fully saturated rings. The number of hydrogen-bond donors (Lipinski definition) is 1. The smallest absolute Gasteiger partial charge is 0.308 e. The van der Waals surface area contributed by atoms with Gasteiger partial charge in [0, 0.05) is 37.5 Å². The Kier molecular flexibility index (Phi) is 4.11. The number of carboxylic acids is 1. The number of carbonyl (C=O) groups excluding carboxylic acids is 1. The molecular weight excluding hydrogens is 332 g/mol. The molecule has 2 aromatic rings. The summed E-state index contributed by atoms with van der Waals surface area (Å²) in [5, 5.41) is 9.26. The van der Waals surface area contributed by atoms with E-state index in [0.29, 0.717) is 18.7 Å². The summed E-state index contributed by atoms with van der Waals surface area (Å²) >= 11 is 0. The van der Waals surface area contributed by atoms with Gasteiger partial charge in [-0.25, -0.2) is 0 Å². The zero-order valence-electron chi connectivity index (χ0n) is 14.5. The Morgan fingerprint density at radius 2 is 2.04 bits per heavy atom. The Hall–Kier alpha value is -2.89. The van der Waals surface area contributed by atoms with Gasteiger partial charge in [0.2, 0.25) is 0 Å². The Bertz CT molecular complexity index is 880. The van der Waals surface area contributed by atoms with Crippen LogP contribution in [0.1, 0.15) is 22.8 Å². The molecule has 1 amide bonds. The fourth-order valence-corrected chi connectivity index (χ4v) is 3.72. The van der Waals surface area contributed by atoms with Crippen LogP contribution in [0.5, 0.6) is 5.75 Å². The van der Waals surface area contributed by atoms with Gasteiger partial charge >= 0.3 is 5.97 Å². The first-order chi connectivity index (χ1) is 12.5. The minimum Gasteiger partial charge on any atom is -0.493 e. The molecule has 4 rings (SSSR count). The molecule has 0 saturated carbocycles. The number of rotatable bonds is 3. The topological polar surface area (TPSA) is 79.7 Å². The first-order valence-corrected chi connectivity index (χ1v) is 8.76. The van der Waals surface area contributed by atoms with Crippen LogP contribution in [0.15, 0.2) is 36.7 Å². The zero-order chi connectivity index (χ0) is 18.3. The van der Waals surface area contributed by atoms with E-state index in [1.165, 1.54) is 0 Å². The van der Waals surface area contributed by atoms with Crippen molar-refractivity contribution in [2.24, 2.45) is 11.8 Å². The van der Waals surface area contributed by atoms with Crippen LogP contribution >= 0.6 is 0 Å². The maximum Gasteiger partial charge on any atom is 0.308 e. The number of fused-ring (bicyclic) bond motifs is 1. The zero-order valence-corrected chi connectivity index (χ0v) is 14.5. The lowest BCUT2D eigenvalue weighted by atomic mass is 9.99. The van der Waals surface area contributed by atoms with Gasteiger partial charge in [-0.15, -0.1) is 0 Å². The number of carbonyl (C=O) groups is 2. The van der Waals surface area contributed by atoms with Crippen LogP contribution in [-0.4, -0.2) is 46.6 Å². The highest BCUT2D eigenvalue weighted by molar-refractivity contribution is 5.95. The van der Waals surface area contributed by atoms with Crippen molar-refractivity contribution in [2.75, 3.05) is 19.7 Å². The summed E-state index contributed by atoms with van der Waals surface area (Å²) in [4.78, 5) is 29.9. The summed E-state index contributed by atoms with van der Waals surface area (Å²) in [5.41, 5.74) is 3.51. The number of carboxylic acid groups (broad SMARTS) is 1. The van der Waals surface area contributed by atoms with Crippen LogP contribution < -0.4 is 4.74 Å². The van der Waals surface area contributed by atoms with Crippen molar-refractivity contribution in [1.29, 1.82) is 0 Å². The molecule has 2 aliphatic rings. The van der Waals surface area contributed by atoms with Gasteiger partial charge in [-0.3, -0.25) is 14.6 Å². The molecule has 0 radical (unpaired) electrons. The first kappa shape index (κ1) is 16.6. The average Bonchev–Trinajstić information content (AvgIpc) is 3.26. The number of benzene rings is 1. The van der Waals surface area contributed by atoms with Gasteiger partial charge in [-0.2, -0.15) is 0 Å². The first-order valence-electron chi connectivity index (χ1n) is 8.76. The summed E-state index contributed by atoms with van der Waals surface area (Å²) in [6.45, 7) is 3.27. The van der Waals surface area contributed by atoms with Crippen LogP contribution in [-0.2, 0) is 11.2 Å². The van der Waals surface area contributed by atoms with Crippen LogP contribution in [0.25, 0.3) is 11.1 Å². The van der Waals surface area contributed by atoms with Crippen LogP contribution in [0.4, 0.5) is 0 Å². The normalized spacial score (nSPS) is 21.3. The lowest BCUT2D eigenvalue weighted by Gasteiger charge is -2.16. The van der Waals surface area contributed by atoms with E-state index < -0.39 is 11.9 Å². The van der Waals surface area contributed by atoms with Gasteiger partial charge in [0.25, 0.3) is 5.91 Å². The molecule has 0 spiro atoms. The maximum absolute atomic E-state index is 12.8. The van der Waals surface area contributed by atoms with E-state index in [0.717, 1.165) is 28.9 Å². The Balaban J connectivity index is 1.58. The molecule has 3 heterocycles. The van der Waals surface area contributed by atoms with Gasteiger partial charge in [0.1, 0.15) is 5.75 Å². The summed E-state index contributed by atoms with van der Waals surface area (Å²) in [5.74, 6) is -0.657. The van der Waals surface area contributed by atoms with Gasteiger partial charge in [0.05, 0.1) is 18.1 Å². The fourth-order valence-electron chi connectivity index (χ4n) is 3.72. The van der Waals surface area contributed by atoms with E-state index >= 15 is 0 Å². The second-order valence-corrected chi connectivity index (χ2v) is 7.02. The highest BCUT2D eigenvalue weighted by Crippen LogP contribution is 2.31. The minimum atomic E-state index is -0.847. The van der Waals surface area contributed by atoms with Gasteiger partial charge < -0.3 is 14.7 Å². The largest absolute Gasteiger partial charge is 0.493 e. The maximum atomic E-state index is 12.8. The summed E-state index contributed by atoms with van der Waals surface area (Å²) in [7, 11) is 0. The van der Waals surface area contributed by atoms with Crippen molar-refractivity contribution in [3.8, 4) is 16.9 Å². The molecule has 6 heteroatoms. The van der Waals surface area contributed by atoms with Gasteiger partial charge in [-0.1, -0.05) is 13.0 Å². The van der Waals surface area contributed by atoms with E-state index in [2.05, 4.69) is 11.1 Å². The molecule has 0 bridgehead atoms. The number of hydrogen-bond acceptors (Lipinski definition) is 4. The van der Waals surface area contributed by atoms with Crippen molar-refractivity contribution in [2.45, 2.75) is 13.3 Å². The van der Waals surface area contributed by atoms with Crippen LogP contribution in [0.2, 0.25) is 0 Å². The quantitative estimate of drug-likeness (QED) is 0.918. The van der Waals surface area contributed by atoms with E-state index in [1.54, 1.807) is 17.3 Å². The van der Waals surface area contributed by atoms with Crippen molar-refractivity contribution < 1.29 is 19.4 Å². The average molecular weight is 352 g/mol. The number of ether oxygens (including phenoxy) is 1.